The lowest BCUT2D eigenvalue weighted by atomic mass is 9.98. The zero-order chi connectivity index (χ0) is 39.4. The Labute approximate surface area is 315 Å². The predicted octanol–water partition coefficient (Wildman–Crippen LogP) is 4.16. The number of ether oxygens (including phenoxy) is 2. The Kier molecular flexibility index (Phi) is 14.5. The number of fused-ring (bicyclic) bond motifs is 1. The zero-order valence-corrected chi connectivity index (χ0v) is 32.0. The van der Waals surface area contributed by atoms with Gasteiger partial charge in [-0.05, 0) is 61.6 Å². The maximum absolute atomic E-state index is 14.1. The van der Waals surface area contributed by atoms with Gasteiger partial charge >= 0.3 is 12.1 Å². The van der Waals surface area contributed by atoms with Gasteiger partial charge in [0.05, 0.1) is 12.6 Å². The van der Waals surface area contributed by atoms with Gasteiger partial charge in [-0.3, -0.25) is 19.2 Å². The SMILES string of the molecule is CCOC(=O)CCC(NC(=O)C(C=C(C)C)NC(=O)C(Cc1cccc2ccccc12)NC(=O)C(C)NC(=O)OCc1ccccc1)C1=C(S(C)(=O)=O)C1. The minimum Gasteiger partial charge on any atom is -0.466 e. The van der Waals surface area contributed by atoms with E-state index in [-0.39, 0.29) is 43.8 Å². The first-order valence-corrected chi connectivity index (χ1v) is 19.6. The number of alkyl carbamates (subject to hydrolysis) is 1. The van der Waals surface area contributed by atoms with Crippen LogP contribution < -0.4 is 21.3 Å². The van der Waals surface area contributed by atoms with E-state index in [2.05, 4.69) is 21.3 Å². The van der Waals surface area contributed by atoms with Gasteiger partial charge in [0.1, 0.15) is 24.7 Å². The molecule has 4 amide bonds. The number of hydrogen-bond donors (Lipinski definition) is 4. The number of esters is 1. The summed E-state index contributed by atoms with van der Waals surface area (Å²) in [5.74, 6) is -2.48. The van der Waals surface area contributed by atoms with E-state index in [0.29, 0.717) is 11.1 Å². The van der Waals surface area contributed by atoms with Crippen molar-refractivity contribution in [3.05, 3.63) is 106 Å². The van der Waals surface area contributed by atoms with Crippen molar-refractivity contribution in [3.63, 3.8) is 0 Å². The van der Waals surface area contributed by atoms with Crippen molar-refractivity contribution in [1.29, 1.82) is 0 Å². The van der Waals surface area contributed by atoms with Crippen LogP contribution in [0.2, 0.25) is 0 Å². The highest BCUT2D eigenvalue weighted by Crippen LogP contribution is 2.39. The Morgan fingerprint density at radius 3 is 2.17 bits per heavy atom. The van der Waals surface area contributed by atoms with Crippen molar-refractivity contribution in [2.45, 2.75) is 84.2 Å². The molecule has 4 unspecified atom stereocenters. The van der Waals surface area contributed by atoms with Crippen LogP contribution >= 0.6 is 0 Å². The molecule has 0 bridgehead atoms. The third kappa shape index (κ3) is 12.3. The summed E-state index contributed by atoms with van der Waals surface area (Å²) in [7, 11) is -3.51. The van der Waals surface area contributed by atoms with E-state index < -0.39 is 63.8 Å². The monoisotopic (exact) mass is 760 g/mol. The Bertz CT molecular complexity index is 2020. The summed E-state index contributed by atoms with van der Waals surface area (Å²) in [5.41, 5.74) is 2.71. The van der Waals surface area contributed by atoms with E-state index in [4.69, 9.17) is 9.47 Å². The van der Waals surface area contributed by atoms with Gasteiger partial charge in [0.2, 0.25) is 17.7 Å². The van der Waals surface area contributed by atoms with Crippen LogP contribution in [0.3, 0.4) is 0 Å². The Morgan fingerprint density at radius 1 is 0.815 bits per heavy atom. The van der Waals surface area contributed by atoms with Crippen molar-refractivity contribution in [3.8, 4) is 0 Å². The number of amides is 4. The quantitative estimate of drug-likeness (QED) is 0.109. The molecule has 0 saturated heterocycles. The van der Waals surface area contributed by atoms with Crippen molar-refractivity contribution in [2.75, 3.05) is 12.9 Å². The second kappa shape index (κ2) is 19.0. The number of allylic oxidation sites excluding steroid dienone is 2. The van der Waals surface area contributed by atoms with Gasteiger partial charge in [-0.1, -0.05) is 84.4 Å². The first kappa shape index (κ1) is 41.3. The molecule has 4 rings (SSSR count). The fraction of sp³-hybridized carbons (Fsp3) is 0.375. The fourth-order valence-electron chi connectivity index (χ4n) is 5.88. The minimum atomic E-state index is -3.51. The van der Waals surface area contributed by atoms with Gasteiger partial charge in [-0.2, -0.15) is 0 Å². The van der Waals surface area contributed by atoms with Gasteiger partial charge in [0.25, 0.3) is 0 Å². The molecule has 3 aromatic rings. The highest BCUT2D eigenvalue weighted by Gasteiger charge is 2.38. The molecule has 0 aromatic heterocycles. The molecule has 0 spiro atoms. The summed E-state index contributed by atoms with van der Waals surface area (Å²) in [6.07, 6.45) is 2.03. The first-order valence-electron chi connectivity index (χ1n) is 17.7. The molecule has 14 heteroatoms. The molecule has 3 aromatic carbocycles. The van der Waals surface area contributed by atoms with Gasteiger partial charge in [0, 0.05) is 30.4 Å². The van der Waals surface area contributed by atoms with Crippen molar-refractivity contribution >= 4 is 50.4 Å². The Balaban J connectivity index is 1.55. The molecule has 0 heterocycles. The summed E-state index contributed by atoms with van der Waals surface area (Å²) in [4.78, 5) is 66.4. The van der Waals surface area contributed by atoms with Gasteiger partial charge in [0.15, 0.2) is 9.84 Å². The van der Waals surface area contributed by atoms with E-state index in [1.807, 2.05) is 60.7 Å². The molecule has 0 fully saturated rings. The highest BCUT2D eigenvalue weighted by atomic mass is 32.2. The lowest BCUT2D eigenvalue weighted by Gasteiger charge is -2.25. The topological polar surface area (TPSA) is 186 Å². The summed E-state index contributed by atoms with van der Waals surface area (Å²) in [5, 5.41) is 12.6. The molecular weight excluding hydrogens is 713 g/mol. The molecule has 4 atom stereocenters. The largest absolute Gasteiger partial charge is 0.466 e. The number of sulfone groups is 1. The molecule has 4 N–H and O–H groups in total. The van der Waals surface area contributed by atoms with Crippen LogP contribution in [0, 0.1) is 0 Å². The average molecular weight is 761 g/mol. The van der Waals surface area contributed by atoms with E-state index in [1.165, 1.54) is 13.0 Å². The Morgan fingerprint density at radius 2 is 1.50 bits per heavy atom. The minimum absolute atomic E-state index is 0.00250. The summed E-state index contributed by atoms with van der Waals surface area (Å²) in [6.45, 7) is 6.79. The third-order valence-electron chi connectivity index (χ3n) is 8.67. The lowest BCUT2D eigenvalue weighted by molar-refractivity contribution is -0.143. The molecule has 1 aliphatic rings. The molecular formula is C40H48N4O9S. The van der Waals surface area contributed by atoms with Crippen LogP contribution in [0.1, 0.15) is 58.1 Å². The number of nitrogens with one attached hydrogen (secondary N) is 4. The van der Waals surface area contributed by atoms with Crippen LogP contribution in [0.4, 0.5) is 4.79 Å². The summed E-state index contributed by atoms with van der Waals surface area (Å²) >= 11 is 0. The number of carbonyl (C=O) groups excluding carboxylic acids is 5. The van der Waals surface area contributed by atoms with E-state index in [1.54, 1.807) is 32.9 Å². The van der Waals surface area contributed by atoms with E-state index >= 15 is 0 Å². The highest BCUT2D eigenvalue weighted by molar-refractivity contribution is 7.94. The van der Waals surface area contributed by atoms with Crippen LogP contribution in [-0.4, -0.2) is 75.2 Å². The smallest absolute Gasteiger partial charge is 0.408 e. The van der Waals surface area contributed by atoms with Gasteiger partial charge < -0.3 is 30.7 Å². The van der Waals surface area contributed by atoms with E-state index in [9.17, 15) is 32.4 Å². The van der Waals surface area contributed by atoms with Gasteiger partial charge in [-0.15, -0.1) is 0 Å². The molecule has 1 aliphatic carbocycles. The van der Waals surface area contributed by atoms with Crippen LogP contribution in [0.15, 0.2) is 94.9 Å². The second-order valence-electron chi connectivity index (χ2n) is 13.4. The van der Waals surface area contributed by atoms with Crippen LogP contribution in [-0.2, 0) is 51.5 Å². The molecule has 0 radical (unpaired) electrons. The molecule has 0 saturated carbocycles. The Hall–Kier alpha value is -5.50. The number of rotatable bonds is 18. The molecule has 0 aliphatic heterocycles. The van der Waals surface area contributed by atoms with Crippen LogP contribution in [0.25, 0.3) is 10.8 Å². The maximum Gasteiger partial charge on any atom is 0.408 e. The molecule has 54 heavy (non-hydrogen) atoms. The zero-order valence-electron chi connectivity index (χ0n) is 31.1. The number of hydrogen-bond acceptors (Lipinski definition) is 9. The maximum atomic E-state index is 14.1. The standard InChI is InChI=1S/C40H48N4O9S/c1-6-52-36(45)20-19-32(31-23-35(31)54(5,50)51)42-38(47)33(21-25(2)3)44-39(48)34(22-29-17-12-16-28-15-10-11-18-30(28)29)43-37(46)26(4)41-40(49)53-24-27-13-8-7-9-14-27/h7-18,21,26,32-34H,6,19-20,22-24H2,1-5H3,(H,41,49)(H,42,47)(H,43,46)(H,44,48). The number of carbonyl (C=O) groups is 5. The predicted molar refractivity (Wildman–Crippen MR) is 204 cm³/mol. The van der Waals surface area contributed by atoms with E-state index in [0.717, 1.165) is 28.2 Å². The van der Waals surface area contributed by atoms with Crippen molar-refractivity contribution in [2.24, 2.45) is 0 Å². The normalized spacial score (nSPS) is 14.5. The van der Waals surface area contributed by atoms with Crippen LogP contribution in [0.5, 0.6) is 0 Å². The van der Waals surface area contributed by atoms with Crippen molar-refractivity contribution < 1.29 is 41.9 Å². The third-order valence-corrected chi connectivity index (χ3v) is 9.97. The first-order chi connectivity index (χ1) is 25.7. The van der Waals surface area contributed by atoms with Gasteiger partial charge in [-0.25, -0.2) is 13.2 Å². The molecule has 288 valence electrons. The second-order valence-corrected chi connectivity index (χ2v) is 15.4. The number of benzene rings is 3. The lowest BCUT2D eigenvalue weighted by Crippen LogP contribution is -2.57. The van der Waals surface area contributed by atoms with Crippen molar-refractivity contribution in [1.82, 2.24) is 21.3 Å². The summed E-state index contributed by atoms with van der Waals surface area (Å²) in [6, 6.07) is 17.9. The summed E-state index contributed by atoms with van der Waals surface area (Å²) < 4.78 is 34.8. The fourth-order valence-corrected chi connectivity index (χ4v) is 6.92. The average Bonchev–Trinajstić information content (AvgIpc) is 3.94. The molecule has 13 nitrogen and oxygen atoms in total.